The second-order valence-corrected chi connectivity index (χ2v) is 11.2. The van der Waals surface area contributed by atoms with Gasteiger partial charge in [0.25, 0.3) is 5.91 Å². The zero-order chi connectivity index (χ0) is 27.1. The molecule has 0 radical (unpaired) electrons. The van der Waals surface area contributed by atoms with Gasteiger partial charge in [0, 0.05) is 20.1 Å². The Morgan fingerprint density at radius 3 is 2.30 bits per heavy atom. The number of nitrogens with one attached hydrogen (secondary N) is 1. The summed E-state index contributed by atoms with van der Waals surface area (Å²) in [7, 11) is -1.91. The molecule has 0 bridgehead atoms. The number of nitrogens with zero attached hydrogens (tertiary/aromatic N) is 2. The van der Waals surface area contributed by atoms with E-state index in [0.29, 0.717) is 5.75 Å². The SMILES string of the molecule is C=C(CBr)C(C(=O)OC(c1ccccc1)[N+](=O)[O-])N1C(=O)C(NC(=O)COc2ccccc2)C1S(=O)Br. The minimum Gasteiger partial charge on any atom is -0.484 e. The van der Waals surface area contributed by atoms with Gasteiger partial charge in [-0.2, -0.15) is 0 Å². The first-order valence-corrected chi connectivity index (χ1v) is 14.8. The number of halogens is 2. The highest BCUT2D eigenvalue weighted by atomic mass is 79.9. The van der Waals surface area contributed by atoms with Crippen LogP contribution in [0.25, 0.3) is 0 Å². The summed E-state index contributed by atoms with van der Waals surface area (Å²) >= 11 is 6.09. The number of hydrogen-bond donors (Lipinski definition) is 1. The van der Waals surface area contributed by atoms with E-state index < -0.39 is 62.2 Å². The van der Waals surface area contributed by atoms with Crippen molar-refractivity contribution in [3.05, 3.63) is 88.5 Å². The summed E-state index contributed by atoms with van der Waals surface area (Å²) in [6.07, 6.45) is -1.84. The molecule has 196 valence electrons. The maximum absolute atomic E-state index is 13.1. The van der Waals surface area contributed by atoms with E-state index >= 15 is 0 Å². The first kappa shape index (κ1) is 28.5. The fraction of sp³-hybridized carbons (Fsp3) is 0.261. The van der Waals surface area contributed by atoms with Gasteiger partial charge in [-0.05, 0) is 29.8 Å². The highest BCUT2D eigenvalue weighted by Gasteiger charge is 2.56. The molecule has 5 atom stereocenters. The third-order valence-corrected chi connectivity index (χ3v) is 8.01. The van der Waals surface area contributed by atoms with E-state index in [1.165, 1.54) is 12.1 Å². The third kappa shape index (κ3) is 6.81. The maximum atomic E-state index is 13.1. The predicted molar refractivity (Wildman–Crippen MR) is 141 cm³/mol. The summed E-state index contributed by atoms with van der Waals surface area (Å²) in [5.74, 6) is -2.09. The van der Waals surface area contributed by atoms with Gasteiger partial charge in [0.2, 0.25) is 5.91 Å². The summed E-state index contributed by atoms with van der Waals surface area (Å²) in [4.78, 5) is 50.4. The van der Waals surface area contributed by atoms with Crippen LogP contribution in [0.2, 0.25) is 0 Å². The highest BCUT2D eigenvalue weighted by Crippen LogP contribution is 2.33. The number of β-lactam (4-membered cyclic amide) rings is 1. The Morgan fingerprint density at radius 1 is 1.16 bits per heavy atom. The van der Waals surface area contributed by atoms with E-state index in [1.54, 1.807) is 48.5 Å². The molecule has 1 fully saturated rings. The van der Waals surface area contributed by atoms with Crippen LogP contribution >= 0.6 is 30.7 Å². The van der Waals surface area contributed by atoms with Gasteiger partial charge in [-0.3, -0.25) is 19.7 Å². The minimum atomic E-state index is -1.91. The zero-order valence-electron chi connectivity index (χ0n) is 19.0. The molecular formula is C23H21Br2N3O8S. The Kier molecular flexibility index (Phi) is 9.94. The third-order valence-electron chi connectivity index (χ3n) is 5.26. The number of likely N-dealkylation sites (tertiary alicyclic amines) is 1. The van der Waals surface area contributed by atoms with Crippen LogP contribution in [0, 0.1) is 10.1 Å². The Morgan fingerprint density at radius 2 is 1.76 bits per heavy atom. The second kappa shape index (κ2) is 12.9. The standard InChI is InChI=1S/C23H21Br2N3O8S/c1-14(12-24)19(23(31)36-21(28(32)33)15-8-4-2-5-9-15)27-20(30)18(22(27)37(25)34)26-17(29)13-35-16-10-6-3-7-11-16/h2-11,18-19,21-22H,1,12-13H2,(H,26,29). The first-order valence-electron chi connectivity index (χ1n) is 10.6. The smallest absolute Gasteiger partial charge is 0.382 e. The van der Waals surface area contributed by atoms with Gasteiger partial charge < -0.3 is 19.7 Å². The first-order chi connectivity index (χ1) is 17.6. The number of nitro groups is 1. The Balaban J connectivity index is 1.77. The number of alkyl halides is 1. The zero-order valence-corrected chi connectivity index (χ0v) is 23.0. The predicted octanol–water partition coefficient (Wildman–Crippen LogP) is 2.62. The van der Waals surface area contributed by atoms with Crippen LogP contribution in [-0.2, 0) is 28.4 Å². The van der Waals surface area contributed by atoms with Crippen LogP contribution in [0.1, 0.15) is 11.8 Å². The number of para-hydroxylation sites is 1. The molecule has 1 aliphatic heterocycles. The minimum absolute atomic E-state index is 0.0363. The van der Waals surface area contributed by atoms with E-state index in [0.717, 1.165) is 4.90 Å². The topological polar surface area (TPSA) is 145 Å². The lowest BCUT2D eigenvalue weighted by molar-refractivity contribution is -0.576. The van der Waals surface area contributed by atoms with Crippen molar-refractivity contribution >= 4 is 57.8 Å². The molecule has 14 heteroatoms. The molecule has 0 saturated carbocycles. The van der Waals surface area contributed by atoms with Gasteiger partial charge in [0.05, 0.1) is 10.5 Å². The molecule has 0 aromatic heterocycles. The number of benzene rings is 2. The molecule has 3 rings (SSSR count). The van der Waals surface area contributed by atoms with Crippen LogP contribution in [0.5, 0.6) is 5.75 Å². The van der Waals surface area contributed by atoms with Gasteiger partial charge in [0.15, 0.2) is 12.6 Å². The number of amides is 2. The monoisotopic (exact) mass is 657 g/mol. The summed E-state index contributed by atoms with van der Waals surface area (Å²) in [5.41, 5.74) is 0.247. The lowest BCUT2D eigenvalue weighted by Gasteiger charge is -2.48. The van der Waals surface area contributed by atoms with Crippen molar-refractivity contribution in [1.29, 1.82) is 0 Å². The lowest BCUT2D eigenvalue weighted by Crippen LogP contribution is -2.75. The van der Waals surface area contributed by atoms with Gasteiger partial charge in [-0.15, -0.1) is 0 Å². The van der Waals surface area contributed by atoms with E-state index in [1.807, 2.05) is 0 Å². The fourth-order valence-corrected chi connectivity index (χ4v) is 5.84. The molecule has 2 amide bonds. The lowest BCUT2D eigenvalue weighted by atomic mass is 9.99. The van der Waals surface area contributed by atoms with Crippen molar-refractivity contribution in [2.75, 3.05) is 11.9 Å². The molecule has 1 aliphatic rings. The Hall–Kier alpha value is -3.10. The molecular weight excluding hydrogens is 638 g/mol. The van der Waals surface area contributed by atoms with Crippen molar-refractivity contribution in [2.45, 2.75) is 23.7 Å². The molecule has 0 spiro atoms. The van der Waals surface area contributed by atoms with Crippen molar-refractivity contribution in [3.63, 3.8) is 0 Å². The number of ether oxygens (including phenoxy) is 2. The molecule has 2 aromatic carbocycles. The summed E-state index contributed by atoms with van der Waals surface area (Å²) in [6, 6.07) is 13.4. The van der Waals surface area contributed by atoms with Gasteiger partial charge in [-0.25, -0.2) is 9.00 Å². The average Bonchev–Trinajstić information content (AvgIpc) is 2.89. The fourth-order valence-electron chi connectivity index (χ4n) is 3.55. The van der Waals surface area contributed by atoms with Crippen LogP contribution in [0.4, 0.5) is 0 Å². The Labute approximate surface area is 230 Å². The van der Waals surface area contributed by atoms with Gasteiger partial charge >= 0.3 is 12.2 Å². The largest absolute Gasteiger partial charge is 0.484 e. The normalized spacial score (nSPS) is 19.1. The number of hydrogen-bond acceptors (Lipinski definition) is 8. The van der Waals surface area contributed by atoms with Crippen LogP contribution in [0.15, 0.2) is 72.8 Å². The van der Waals surface area contributed by atoms with E-state index in [-0.39, 0.29) is 16.5 Å². The number of carbonyl (C=O) groups excluding carboxylic acids is 3. The van der Waals surface area contributed by atoms with Crippen LogP contribution < -0.4 is 10.1 Å². The average molecular weight is 659 g/mol. The van der Waals surface area contributed by atoms with Crippen molar-refractivity contribution in [3.8, 4) is 5.75 Å². The quantitative estimate of drug-likeness (QED) is 0.0536. The summed E-state index contributed by atoms with van der Waals surface area (Å²) in [5, 5.41) is 12.9. The summed E-state index contributed by atoms with van der Waals surface area (Å²) < 4.78 is 23.0. The molecule has 1 saturated heterocycles. The molecule has 0 aliphatic carbocycles. The highest BCUT2D eigenvalue weighted by molar-refractivity contribution is 9.46. The second-order valence-electron chi connectivity index (χ2n) is 7.71. The molecule has 5 unspecified atom stereocenters. The van der Waals surface area contributed by atoms with E-state index in [4.69, 9.17) is 9.47 Å². The van der Waals surface area contributed by atoms with Crippen LogP contribution in [0.3, 0.4) is 0 Å². The van der Waals surface area contributed by atoms with Crippen molar-refractivity contribution in [1.82, 2.24) is 10.2 Å². The van der Waals surface area contributed by atoms with E-state index in [2.05, 4.69) is 42.6 Å². The molecule has 1 N–H and O–H groups in total. The number of esters is 1. The maximum Gasteiger partial charge on any atom is 0.382 e. The van der Waals surface area contributed by atoms with Gasteiger partial charge in [0.1, 0.15) is 26.4 Å². The van der Waals surface area contributed by atoms with Crippen molar-refractivity contribution in [2.24, 2.45) is 0 Å². The molecule has 2 aromatic rings. The number of carbonyl (C=O) groups is 3. The number of rotatable bonds is 12. The van der Waals surface area contributed by atoms with E-state index in [9.17, 15) is 28.7 Å². The molecule has 1 heterocycles. The van der Waals surface area contributed by atoms with Crippen LogP contribution in [-0.4, -0.2) is 61.2 Å². The Bertz CT molecular complexity index is 1200. The van der Waals surface area contributed by atoms with Gasteiger partial charge in [-0.1, -0.05) is 58.9 Å². The molecule has 11 nitrogen and oxygen atoms in total. The molecule has 37 heavy (non-hydrogen) atoms. The summed E-state index contributed by atoms with van der Waals surface area (Å²) in [6.45, 7) is 3.36. The van der Waals surface area contributed by atoms with Crippen molar-refractivity contribution < 1.29 is 33.0 Å².